The molecule has 0 spiro atoms. The van der Waals surface area contributed by atoms with Gasteiger partial charge < -0.3 is 5.11 Å². The van der Waals surface area contributed by atoms with E-state index in [0.29, 0.717) is 22.2 Å². The standard InChI is InChI=1S/C13H16Cl2OS/c1-12(2)6-13(16,8-17-7-12)9-4-3-5-10(14)11(9)15/h3-5,16H,6-8H2,1-2H3. The van der Waals surface area contributed by atoms with Gasteiger partial charge in [-0.25, -0.2) is 0 Å². The lowest BCUT2D eigenvalue weighted by atomic mass is 9.78. The second-order valence-corrected chi connectivity index (χ2v) is 7.24. The first-order valence-electron chi connectivity index (χ1n) is 5.59. The third-order valence-corrected chi connectivity index (χ3v) is 5.54. The van der Waals surface area contributed by atoms with Crippen LogP contribution in [0.2, 0.25) is 10.0 Å². The van der Waals surface area contributed by atoms with Gasteiger partial charge in [0.25, 0.3) is 0 Å². The Morgan fingerprint density at radius 2 is 1.94 bits per heavy atom. The van der Waals surface area contributed by atoms with Crippen LogP contribution in [-0.2, 0) is 5.60 Å². The van der Waals surface area contributed by atoms with Crippen molar-refractivity contribution in [3.8, 4) is 0 Å². The second-order valence-electron chi connectivity index (χ2n) is 5.47. The van der Waals surface area contributed by atoms with Crippen LogP contribution in [0.5, 0.6) is 0 Å². The fourth-order valence-corrected chi connectivity index (χ4v) is 4.25. The highest BCUT2D eigenvalue weighted by atomic mass is 35.5. The lowest BCUT2D eigenvalue weighted by molar-refractivity contribution is 0.0157. The van der Waals surface area contributed by atoms with Gasteiger partial charge in [-0.05, 0) is 23.7 Å². The number of hydrogen-bond donors (Lipinski definition) is 1. The summed E-state index contributed by atoms with van der Waals surface area (Å²) >= 11 is 14.0. The van der Waals surface area contributed by atoms with Gasteiger partial charge in [-0.2, -0.15) is 11.8 Å². The summed E-state index contributed by atoms with van der Waals surface area (Å²) in [6.45, 7) is 4.34. The van der Waals surface area contributed by atoms with Crippen LogP contribution in [0.4, 0.5) is 0 Å². The quantitative estimate of drug-likeness (QED) is 0.830. The van der Waals surface area contributed by atoms with Crippen molar-refractivity contribution in [3.63, 3.8) is 0 Å². The predicted octanol–water partition coefficient (Wildman–Crippen LogP) is 4.34. The van der Waals surface area contributed by atoms with Crippen LogP contribution < -0.4 is 0 Å². The first-order chi connectivity index (χ1) is 7.84. The van der Waals surface area contributed by atoms with E-state index >= 15 is 0 Å². The number of benzene rings is 1. The lowest BCUT2D eigenvalue weighted by Crippen LogP contribution is -2.40. The van der Waals surface area contributed by atoms with Gasteiger partial charge in [0.1, 0.15) is 5.60 Å². The molecule has 1 fully saturated rings. The van der Waals surface area contributed by atoms with E-state index in [-0.39, 0.29) is 5.41 Å². The van der Waals surface area contributed by atoms with E-state index in [1.54, 1.807) is 17.8 Å². The number of thioether (sulfide) groups is 1. The Balaban J connectivity index is 2.41. The van der Waals surface area contributed by atoms with Crippen molar-refractivity contribution in [1.82, 2.24) is 0 Å². The normalized spacial score (nSPS) is 28.1. The monoisotopic (exact) mass is 290 g/mol. The molecule has 1 unspecified atom stereocenters. The highest BCUT2D eigenvalue weighted by molar-refractivity contribution is 7.99. The summed E-state index contributed by atoms with van der Waals surface area (Å²) in [7, 11) is 0. The molecule has 1 nitrogen and oxygen atoms in total. The minimum absolute atomic E-state index is 0.114. The van der Waals surface area contributed by atoms with Gasteiger partial charge in [-0.1, -0.05) is 49.2 Å². The van der Waals surface area contributed by atoms with Gasteiger partial charge in [0.15, 0.2) is 0 Å². The summed E-state index contributed by atoms with van der Waals surface area (Å²) in [6, 6.07) is 5.46. The van der Waals surface area contributed by atoms with Gasteiger partial charge >= 0.3 is 0 Å². The van der Waals surface area contributed by atoms with Gasteiger partial charge in [-0.15, -0.1) is 0 Å². The summed E-state index contributed by atoms with van der Waals surface area (Å²) in [5, 5.41) is 11.8. The Morgan fingerprint density at radius 1 is 1.24 bits per heavy atom. The van der Waals surface area contributed by atoms with E-state index in [1.165, 1.54) is 0 Å². The first kappa shape index (κ1) is 13.5. The molecule has 1 heterocycles. The Kier molecular flexibility index (Phi) is 3.71. The maximum atomic E-state index is 10.8. The molecule has 94 valence electrons. The van der Waals surface area contributed by atoms with Crippen LogP contribution in [0, 0.1) is 5.41 Å². The van der Waals surface area contributed by atoms with E-state index < -0.39 is 5.60 Å². The van der Waals surface area contributed by atoms with Crippen LogP contribution in [0.25, 0.3) is 0 Å². The van der Waals surface area contributed by atoms with Gasteiger partial charge in [-0.3, -0.25) is 0 Å². The minimum Gasteiger partial charge on any atom is -0.384 e. The molecule has 0 aliphatic carbocycles. The Bertz CT molecular complexity index is 433. The second kappa shape index (κ2) is 4.65. The van der Waals surface area contributed by atoms with E-state index in [4.69, 9.17) is 23.2 Å². The number of rotatable bonds is 1. The van der Waals surface area contributed by atoms with Crippen molar-refractivity contribution in [2.75, 3.05) is 11.5 Å². The fourth-order valence-electron chi connectivity index (χ4n) is 2.43. The molecule has 0 saturated carbocycles. The average molecular weight is 291 g/mol. The molecule has 1 N–H and O–H groups in total. The molecule has 1 aliphatic heterocycles. The molecule has 1 aromatic carbocycles. The highest BCUT2D eigenvalue weighted by Gasteiger charge is 2.41. The highest BCUT2D eigenvalue weighted by Crippen LogP contribution is 2.46. The zero-order valence-corrected chi connectivity index (χ0v) is 12.3. The molecule has 2 rings (SSSR count). The molecule has 0 radical (unpaired) electrons. The minimum atomic E-state index is -0.867. The van der Waals surface area contributed by atoms with E-state index in [2.05, 4.69) is 13.8 Å². The number of hydrogen-bond acceptors (Lipinski definition) is 2. The maximum absolute atomic E-state index is 10.8. The third-order valence-electron chi connectivity index (χ3n) is 3.06. The molecule has 0 bridgehead atoms. The predicted molar refractivity (Wildman–Crippen MR) is 76.1 cm³/mol. The molecule has 0 aromatic heterocycles. The smallest absolute Gasteiger partial charge is 0.101 e. The van der Waals surface area contributed by atoms with Crippen molar-refractivity contribution in [1.29, 1.82) is 0 Å². The first-order valence-corrected chi connectivity index (χ1v) is 7.50. The maximum Gasteiger partial charge on any atom is 0.101 e. The Labute approximate surface area is 117 Å². The molecule has 4 heteroatoms. The summed E-state index contributed by atoms with van der Waals surface area (Å²) in [5.41, 5.74) is 0.00416. The molecule has 1 aromatic rings. The van der Waals surface area contributed by atoms with E-state index in [1.807, 2.05) is 12.1 Å². The molecule has 1 aliphatic rings. The molecule has 0 amide bonds. The molecule has 17 heavy (non-hydrogen) atoms. The number of aliphatic hydroxyl groups is 1. The van der Waals surface area contributed by atoms with E-state index in [0.717, 1.165) is 11.3 Å². The van der Waals surface area contributed by atoms with Crippen molar-refractivity contribution in [3.05, 3.63) is 33.8 Å². The summed E-state index contributed by atoms with van der Waals surface area (Å²) < 4.78 is 0. The Morgan fingerprint density at radius 3 is 2.59 bits per heavy atom. The van der Waals surface area contributed by atoms with Crippen molar-refractivity contribution in [2.24, 2.45) is 5.41 Å². The lowest BCUT2D eigenvalue weighted by Gasteiger charge is -2.41. The van der Waals surface area contributed by atoms with Crippen LogP contribution in [-0.4, -0.2) is 16.6 Å². The van der Waals surface area contributed by atoms with Crippen LogP contribution in [0.3, 0.4) is 0 Å². The zero-order chi connectivity index (χ0) is 12.7. The van der Waals surface area contributed by atoms with Gasteiger partial charge in [0.05, 0.1) is 10.0 Å². The SMILES string of the molecule is CC1(C)CSCC(O)(c2cccc(Cl)c2Cl)C1. The van der Waals surface area contributed by atoms with E-state index in [9.17, 15) is 5.11 Å². The van der Waals surface area contributed by atoms with Crippen LogP contribution >= 0.6 is 35.0 Å². The Hall–Kier alpha value is 0.110. The molecule has 1 saturated heterocycles. The van der Waals surface area contributed by atoms with Crippen molar-refractivity contribution < 1.29 is 5.11 Å². The van der Waals surface area contributed by atoms with Crippen molar-refractivity contribution >= 4 is 35.0 Å². The number of halogens is 2. The zero-order valence-electron chi connectivity index (χ0n) is 9.96. The van der Waals surface area contributed by atoms with Gasteiger partial charge in [0.2, 0.25) is 0 Å². The summed E-state index contributed by atoms with van der Waals surface area (Å²) in [4.78, 5) is 0. The van der Waals surface area contributed by atoms with Gasteiger partial charge in [0, 0.05) is 11.3 Å². The molecule has 1 atom stereocenters. The fraction of sp³-hybridized carbons (Fsp3) is 0.538. The average Bonchev–Trinajstić information content (AvgIpc) is 2.20. The summed E-state index contributed by atoms with van der Waals surface area (Å²) in [6.07, 6.45) is 0.715. The summed E-state index contributed by atoms with van der Waals surface area (Å²) in [5.74, 6) is 1.74. The molecular weight excluding hydrogens is 275 g/mol. The topological polar surface area (TPSA) is 20.2 Å². The molecular formula is C13H16Cl2OS. The largest absolute Gasteiger partial charge is 0.384 e. The van der Waals surface area contributed by atoms with Crippen LogP contribution in [0.1, 0.15) is 25.8 Å². The van der Waals surface area contributed by atoms with Crippen molar-refractivity contribution in [2.45, 2.75) is 25.9 Å². The third kappa shape index (κ3) is 2.76. The van der Waals surface area contributed by atoms with Crippen LogP contribution in [0.15, 0.2) is 18.2 Å².